The Bertz CT molecular complexity index is 531. The Kier molecular flexibility index (Phi) is 5.52. The monoisotopic (exact) mass is 295 g/mol. The van der Waals surface area contributed by atoms with Crippen molar-refractivity contribution < 1.29 is 14.2 Å². The maximum atomic E-state index is 13.1. The highest BCUT2D eigenvalue weighted by Crippen LogP contribution is 2.13. The fourth-order valence-electron chi connectivity index (χ4n) is 1.74. The second-order valence-electron chi connectivity index (χ2n) is 4.59. The van der Waals surface area contributed by atoms with Gasteiger partial charge in [-0.25, -0.2) is 4.39 Å². The number of anilines is 1. The van der Waals surface area contributed by atoms with Crippen LogP contribution in [-0.2, 0) is 11.3 Å². The molecule has 1 atom stereocenters. The predicted molar refractivity (Wildman–Crippen MR) is 79.6 cm³/mol. The largest absolute Gasteiger partial charge is 0.389 e. The fraction of sp³-hybridized carbons (Fsp3) is 0.333. The first kappa shape index (κ1) is 15.0. The summed E-state index contributed by atoms with van der Waals surface area (Å²) in [5.41, 5.74) is 1.37. The summed E-state index contributed by atoms with van der Waals surface area (Å²) in [6.07, 6.45) is -0.597. The van der Waals surface area contributed by atoms with Crippen molar-refractivity contribution in [2.75, 3.05) is 18.5 Å². The summed E-state index contributed by atoms with van der Waals surface area (Å²) in [5, 5.41) is 14.9. The van der Waals surface area contributed by atoms with Crippen LogP contribution in [0.1, 0.15) is 10.4 Å². The molecule has 0 bridgehead atoms. The molecule has 5 heteroatoms. The summed E-state index contributed by atoms with van der Waals surface area (Å²) in [6, 6.07) is 8.75. The Morgan fingerprint density at radius 3 is 2.95 bits per heavy atom. The predicted octanol–water partition coefficient (Wildman–Crippen LogP) is 3.19. The van der Waals surface area contributed by atoms with E-state index in [1.54, 1.807) is 30.4 Å². The molecule has 2 aromatic rings. The number of ether oxygens (including phenoxy) is 1. The summed E-state index contributed by atoms with van der Waals surface area (Å²) >= 11 is 1.63. The average molecular weight is 295 g/mol. The molecule has 0 radical (unpaired) electrons. The maximum Gasteiger partial charge on any atom is 0.126 e. The van der Waals surface area contributed by atoms with Gasteiger partial charge in [-0.15, -0.1) is 11.3 Å². The van der Waals surface area contributed by atoms with E-state index in [1.165, 1.54) is 6.07 Å². The van der Waals surface area contributed by atoms with Gasteiger partial charge in [0.25, 0.3) is 0 Å². The first-order valence-electron chi connectivity index (χ1n) is 6.43. The molecule has 0 aliphatic heterocycles. The number of aryl methyl sites for hydroxylation is 1. The van der Waals surface area contributed by atoms with Crippen LogP contribution in [0.5, 0.6) is 0 Å². The summed E-state index contributed by atoms with van der Waals surface area (Å²) in [5.74, 6) is -0.227. The Balaban J connectivity index is 1.69. The van der Waals surface area contributed by atoms with E-state index < -0.39 is 6.10 Å². The molecule has 0 saturated carbocycles. The fourth-order valence-corrected chi connectivity index (χ4v) is 2.38. The molecule has 108 valence electrons. The first-order valence-corrected chi connectivity index (χ1v) is 7.31. The number of aliphatic hydroxyl groups excluding tert-OH is 1. The van der Waals surface area contributed by atoms with Gasteiger partial charge in [-0.2, -0.15) is 0 Å². The zero-order valence-corrected chi connectivity index (χ0v) is 12.1. The second-order valence-corrected chi connectivity index (χ2v) is 5.63. The molecule has 0 amide bonds. The normalized spacial score (nSPS) is 12.3. The highest BCUT2D eigenvalue weighted by atomic mass is 32.1. The standard InChI is InChI=1S/C15H18FNO2S/c1-11-7-12(4-5-15(11)16)17-8-13(18)9-19-10-14-3-2-6-20-14/h2-7,13,17-18H,8-10H2,1H3. The van der Waals surface area contributed by atoms with Gasteiger partial charge in [-0.3, -0.25) is 0 Å². The number of hydrogen-bond acceptors (Lipinski definition) is 4. The Labute approximate surface area is 122 Å². The van der Waals surface area contributed by atoms with E-state index in [4.69, 9.17) is 4.74 Å². The van der Waals surface area contributed by atoms with Gasteiger partial charge in [0.2, 0.25) is 0 Å². The van der Waals surface area contributed by atoms with E-state index in [0.29, 0.717) is 18.7 Å². The quantitative estimate of drug-likeness (QED) is 0.824. The van der Waals surface area contributed by atoms with Gasteiger partial charge in [0.1, 0.15) is 5.82 Å². The zero-order chi connectivity index (χ0) is 14.4. The Morgan fingerprint density at radius 1 is 1.40 bits per heavy atom. The van der Waals surface area contributed by atoms with Crippen molar-refractivity contribution in [1.29, 1.82) is 0 Å². The third-order valence-corrected chi connectivity index (χ3v) is 3.68. The van der Waals surface area contributed by atoms with Crippen LogP contribution in [0, 0.1) is 12.7 Å². The van der Waals surface area contributed by atoms with E-state index >= 15 is 0 Å². The molecule has 1 aromatic heterocycles. The molecule has 2 rings (SSSR count). The lowest BCUT2D eigenvalue weighted by molar-refractivity contribution is 0.0359. The van der Waals surface area contributed by atoms with E-state index in [1.807, 2.05) is 17.5 Å². The van der Waals surface area contributed by atoms with Gasteiger partial charge >= 0.3 is 0 Å². The number of rotatable bonds is 7. The van der Waals surface area contributed by atoms with E-state index in [2.05, 4.69) is 5.32 Å². The second kappa shape index (κ2) is 7.38. The van der Waals surface area contributed by atoms with Gasteiger partial charge in [0.15, 0.2) is 0 Å². The smallest absolute Gasteiger partial charge is 0.126 e. The van der Waals surface area contributed by atoms with Crippen LogP contribution >= 0.6 is 11.3 Å². The van der Waals surface area contributed by atoms with Crippen LogP contribution in [0.25, 0.3) is 0 Å². The summed E-state index contributed by atoms with van der Waals surface area (Å²) in [6.45, 7) is 2.87. The number of nitrogens with one attached hydrogen (secondary N) is 1. The van der Waals surface area contributed by atoms with Crippen LogP contribution in [0.15, 0.2) is 35.7 Å². The lowest BCUT2D eigenvalue weighted by atomic mass is 10.2. The van der Waals surface area contributed by atoms with Crippen molar-refractivity contribution in [2.45, 2.75) is 19.6 Å². The third kappa shape index (κ3) is 4.59. The molecule has 0 aliphatic carbocycles. The van der Waals surface area contributed by atoms with Crippen LogP contribution in [0.2, 0.25) is 0 Å². The van der Waals surface area contributed by atoms with Crippen molar-refractivity contribution in [3.8, 4) is 0 Å². The van der Waals surface area contributed by atoms with Crippen molar-refractivity contribution in [2.24, 2.45) is 0 Å². The summed E-state index contributed by atoms with van der Waals surface area (Å²) in [4.78, 5) is 1.14. The minimum Gasteiger partial charge on any atom is -0.389 e. The SMILES string of the molecule is Cc1cc(NCC(O)COCc2cccs2)ccc1F. The van der Waals surface area contributed by atoms with E-state index in [-0.39, 0.29) is 12.4 Å². The molecule has 1 aromatic carbocycles. The number of benzene rings is 1. The molecule has 0 saturated heterocycles. The maximum absolute atomic E-state index is 13.1. The van der Waals surface area contributed by atoms with Crippen molar-refractivity contribution in [3.63, 3.8) is 0 Å². The van der Waals surface area contributed by atoms with Crippen molar-refractivity contribution in [3.05, 3.63) is 52.0 Å². The average Bonchev–Trinajstić information content (AvgIpc) is 2.93. The van der Waals surface area contributed by atoms with E-state index in [0.717, 1.165) is 10.6 Å². The highest BCUT2D eigenvalue weighted by Gasteiger charge is 2.05. The minimum atomic E-state index is -0.597. The number of hydrogen-bond donors (Lipinski definition) is 2. The number of thiophene rings is 1. The van der Waals surface area contributed by atoms with Gasteiger partial charge < -0.3 is 15.2 Å². The van der Waals surface area contributed by atoms with E-state index in [9.17, 15) is 9.50 Å². The van der Waals surface area contributed by atoms with Gasteiger partial charge in [0, 0.05) is 17.1 Å². The molecule has 0 spiro atoms. The Hall–Kier alpha value is -1.43. The van der Waals surface area contributed by atoms with Crippen LogP contribution in [-0.4, -0.2) is 24.4 Å². The van der Waals surface area contributed by atoms with Crippen LogP contribution < -0.4 is 5.32 Å². The number of aliphatic hydroxyl groups is 1. The van der Waals surface area contributed by atoms with Crippen molar-refractivity contribution >= 4 is 17.0 Å². The molecule has 1 heterocycles. The molecule has 1 unspecified atom stereocenters. The van der Waals surface area contributed by atoms with Gasteiger partial charge in [-0.05, 0) is 42.1 Å². The number of halogens is 1. The highest BCUT2D eigenvalue weighted by molar-refractivity contribution is 7.09. The molecular weight excluding hydrogens is 277 g/mol. The first-order chi connectivity index (χ1) is 9.65. The molecule has 3 nitrogen and oxygen atoms in total. The van der Waals surface area contributed by atoms with Crippen LogP contribution in [0.4, 0.5) is 10.1 Å². The van der Waals surface area contributed by atoms with Crippen molar-refractivity contribution in [1.82, 2.24) is 0 Å². The molecule has 20 heavy (non-hydrogen) atoms. The topological polar surface area (TPSA) is 41.5 Å². The zero-order valence-electron chi connectivity index (χ0n) is 11.3. The lowest BCUT2D eigenvalue weighted by Gasteiger charge is -2.13. The molecule has 0 aliphatic rings. The molecular formula is C15H18FNO2S. The van der Waals surface area contributed by atoms with Gasteiger partial charge in [-0.1, -0.05) is 6.07 Å². The Morgan fingerprint density at radius 2 is 2.25 bits per heavy atom. The summed E-state index contributed by atoms with van der Waals surface area (Å²) < 4.78 is 18.5. The molecule has 0 fully saturated rings. The summed E-state index contributed by atoms with van der Waals surface area (Å²) in [7, 11) is 0. The minimum absolute atomic E-state index is 0.227. The van der Waals surface area contributed by atoms with Crippen LogP contribution in [0.3, 0.4) is 0 Å². The van der Waals surface area contributed by atoms with Gasteiger partial charge in [0.05, 0.1) is 19.3 Å². The third-order valence-electron chi connectivity index (χ3n) is 2.83. The lowest BCUT2D eigenvalue weighted by Crippen LogP contribution is -2.24. The molecule has 2 N–H and O–H groups in total.